The number of pyridine rings is 1. The summed E-state index contributed by atoms with van der Waals surface area (Å²) in [6, 6.07) is 19.1. The number of hydrogen-bond donors (Lipinski definition) is 1. The van der Waals surface area contributed by atoms with E-state index in [9.17, 15) is 4.79 Å². The topological polar surface area (TPSA) is 58.6 Å². The third-order valence-electron chi connectivity index (χ3n) is 3.89. The van der Waals surface area contributed by atoms with Gasteiger partial charge in [-0.15, -0.1) is 22.7 Å². The van der Waals surface area contributed by atoms with Gasteiger partial charge in [-0.1, -0.05) is 24.3 Å². The summed E-state index contributed by atoms with van der Waals surface area (Å²) in [5.74, 6) is 0. The first-order valence-corrected chi connectivity index (χ1v) is 9.36. The molecule has 0 saturated heterocycles. The zero-order chi connectivity index (χ0) is 16.8. The Balaban J connectivity index is 1.68. The lowest BCUT2D eigenvalue weighted by Gasteiger charge is -2.00. The number of benzene rings is 2. The average molecular weight is 361 g/mol. The van der Waals surface area contributed by atoms with Gasteiger partial charge >= 0.3 is 0 Å². The molecule has 1 N–H and O–H groups in total. The van der Waals surface area contributed by atoms with Gasteiger partial charge in [0, 0.05) is 12.1 Å². The average Bonchev–Trinajstić information content (AvgIpc) is 3.25. The molecule has 0 aliphatic carbocycles. The second kappa shape index (κ2) is 5.61. The first-order chi connectivity index (χ1) is 12.3. The minimum atomic E-state index is -0.0535. The van der Waals surface area contributed by atoms with Gasteiger partial charge in [-0.2, -0.15) is 0 Å². The monoisotopic (exact) mass is 361 g/mol. The number of para-hydroxylation sites is 2. The Morgan fingerprint density at radius 1 is 0.720 bits per heavy atom. The lowest BCUT2D eigenvalue weighted by molar-refractivity contribution is 1.27. The minimum absolute atomic E-state index is 0.0535. The van der Waals surface area contributed by atoms with Crippen LogP contribution in [0.4, 0.5) is 0 Å². The van der Waals surface area contributed by atoms with Crippen LogP contribution in [-0.2, 0) is 0 Å². The molecule has 0 bridgehead atoms. The Labute approximate surface area is 150 Å². The summed E-state index contributed by atoms with van der Waals surface area (Å²) >= 11 is 3.14. The van der Waals surface area contributed by atoms with Crippen molar-refractivity contribution in [2.24, 2.45) is 0 Å². The van der Waals surface area contributed by atoms with Crippen LogP contribution in [0.1, 0.15) is 0 Å². The highest BCUT2D eigenvalue weighted by atomic mass is 32.1. The molecule has 0 aliphatic rings. The maximum absolute atomic E-state index is 12.2. The third-order valence-corrected chi connectivity index (χ3v) is 6.03. The fourth-order valence-corrected chi connectivity index (χ4v) is 4.62. The van der Waals surface area contributed by atoms with E-state index in [1.165, 1.54) is 0 Å². The molecule has 2 aromatic carbocycles. The van der Waals surface area contributed by atoms with Crippen molar-refractivity contribution in [1.29, 1.82) is 0 Å². The van der Waals surface area contributed by atoms with Crippen LogP contribution in [0.3, 0.4) is 0 Å². The van der Waals surface area contributed by atoms with Gasteiger partial charge in [-0.25, -0.2) is 9.97 Å². The molecule has 6 heteroatoms. The van der Waals surface area contributed by atoms with Crippen molar-refractivity contribution in [3.05, 3.63) is 70.9 Å². The van der Waals surface area contributed by atoms with E-state index >= 15 is 0 Å². The number of rotatable bonds is 2. The summed E-state index contributed by atoms with van der Waals surface area (Å²) in [6.07, 6.45) is 0. The molecule has 3 heterocycles. The molecule has 0 saturated carbocycles. The van der Waals surface area contributed by atoms with Crippen LogP contribution in [0.2, 0.25) is 0 Å². The fourth-order valence-electron chi connectivity index (χ4n) is 2.75. The van der Waals surface area contributed by atoms with Crippen molar-refractivity contribution in [2.75, 3.05) is 0 Å². The van der Waals surface area contributed by atoms with Crippen LogP contribution in [0, 0.1) is 0 Å². The van der Waals surface area contributed by atoms with E-state index < -0.39 is 0 Å². The van der Waals surface area contributed by atoms with E-state index in [4.69, 9.17) is 0 Å². The zero-order valence-electron chi connectivity index (χ0n) is 12.9. The normalized spacial score (nSPS) is 11.4. The lowest BCUT2D eigenvalue weighted by atomic mass is 10.3. The van der Waals surface area contributed by atoms with E-state index in [2.05, 4.69) is 15.0 Å². The van der Waals surface area contributed by atoms with Crippen molar-refractivity contribution in [1.82, 2.24) is 15.0 Å². The highest BCUT2D eigenvalue weighted by Crippen LogP contribution is 2.32. The van der Waals surface area contributed by atoms with Crippen LogP contribution >= 0.6 is 22.7 Å². The highest BCUT2D eigenvalue weighted by molar-refractivity contribution is 7.22. The number of thiazole rings is 2. The Morgan fingerprint density at radius 2 is 1.20 bits per heavy atom. The van der Waals surface area contributed by atoms with Crippen LogP contribution in [0.15, 0.2) is 65.5 Å². The predicted octanol–water partition coefficient (Wildman–Crippen LogP) is 4.93. The van der Waals surface area contributed by atoms with Crippen molar-refractivity contribution in [3.63, 3.8) is 0 Å². The Morgan fingerprint density at radius 3 is 1.68 bits per heavy atom. The SMILES string of the molecule is O=c1cc(-c2nc3ccccc3s2)[nH]c(-c2nc3ccccc3s2)c1. The molecule has 0 fully saturated rings. The molecule has 5 rings (SSSR count). The van der Waals surface area contributed by atoms with Crippen molar-refractivity contribution >= 4 is 43.1 Å². The molecule has 3 aromatic heterocycles. The molecule has 0 unspecified atom stereocenters. The van der Waals surface area contributed by atoms with Gasteiger partial charge in [-0.3, -0.25) is 4.79 Å². The van der Waals surface area contributed by atoms with Crippen molar-refractivity contribution < 1.29 is 0 Å². The minimum Gasteiger partial charge on any atom is -0.350 e. The molecular weight excluding hydrogens is 350 g/mol. The van der Waals surface area contributed by atoms with Crippen molar-refractivity contribution in [2.45, 2.75) is 0 Å². The van der Waals surface area contributed by atoms with E-state index in [0.29, 0.717) is 0 Å². The summed E-state index contributed by atoms with van der Waals surface area (Å²) in [5, 5.41) is 1.61. The Bertz CT molecular complexity index is 1120. The summed E-state index contributed by atoms with van der Waals surface area (Å²) < 4.78 is 2.20. The zero-order valence-corrected chi connectivity index (χ0v) is 14.5. The second-order valence-electron chi connectivity index (χ2n) is 5.62. The maximum atomic E-state index is 12.2. The maximum Gasteiger partial charge on any atom is 0.182 e. The first kappa shape index (κ1) is 14.5. The number of aromatic nitrogens is 3. The second-order valence-corrected chi connectivity index (χ2v) is 7.68. The number of nitrogens with one attached hydrogen (secondary N) is 1. The third kappa shape index (κ3) is 2.56. The van der Waals surface area contributed by atoms with Gasteiger partial charge in [0.25, 0.3) is 0 Å². The van der Waals surface area contributed by atoms with Crippen LogP contribution in [0.25, 0.3) is 41.8 Å². The number of H-pyrrole nitrogens is 1. The molecule has 0 aliphatic heterocycles. The quantitative estimate of drug-likeness (QED) is 0.485. The molecule has 0 amide bonds. The van der Waals surface area contributed by atoms with E-state index in [1.54, 1.807) is 34.8 Å². The highest BCUT2D eigenvalue weighted by Gasteiger charge is 2.12. The summed E-state index contributed by atoms with van der Waals surface area (Å²) in [6.45, 7) is 0. The molecule has 0 spiro atoms. The van der Waals surface area contributed by atoms with Crippen LogP contribution in [0.5, 0.6) is 0 Å². The van der Waals surface area contributed by atoms with Gasteiger partial charge in [0.05, 0.1) is 31.8 Å². The van der Waals surface area contributed by atoms with Gasteiger partial charge < -0.3 is 4.98 Å². The largest absolute Gasteiger partial charge is 0.350 e. The number of aromatic amines is 1. The number of nitrogens with zero attached hydrogens (tertiary/aromatic N) is 2. The van der Waals surface area contributed by atoms with Crippen LogP contribution < -0.4 is 5.43 Å². The van der Waals surface area contributed by atoms with Crippen LogP contribution in [-0.4, -0.2) is 15.0 Å². The molecule has 0 radical (unpaired) electrons. The van der Waals surface area contributed by atoms with E-state index in [-0.39, 0.29) is 5.43 Å². The molecular formula is C19H11N3OS2. The van der Waals surface area contributed by atoms with Gasteiger partial charge in [0.2, 0.25) is 0 Å². The summed E-state index contributed by atoms with van der Waals surface area (Å²) in [7, 11) is 0. The molecule has 4 nitrogen and oxygen atoms in total. The Kier molecular flexibility index (Phi) is 3.26. The Hall–Kier alpha value is -2.83. The van der Waals surface area contributed by atoms with E-state index in [0.717, 1.165) is 41.8 Å². The first-order valence-electron chi connectivity index (χ1n) is 7.72. The van der Waals surface area contributed by atoms with Gasteiger partial charge in [0.15, 0.2) is 5.43 Å². The molecule has 120 valence electrons. The lowest BCUT2D eigenvalue weighted by Crippen LogP contribution is -2.01. The molecule has 0 atom stereocenters. The van der Waals surface area contributed by atoms with Gasteiger partial charge in [0.1, 0.15) is 10.0 Å². The molecule has 5 aromatic rings. The number of fused-ring (bicyclic) bond motifs is 2. The standard InChI is InChI=1S/C19H11N3OS2/c23-11-9-14(18-21-12-5-1-3-7-16(12)24-18)20-15(10-11)19-22-13-6-2-4-8-17(13)25-19/h1-10H,(H,20,23). The van der Waals surface area contributed by atoms with Crippen molar-refractivity contribution in [3.8, 4) is 21.4 Å². The van der Waals surface area contributed by atoms with E-state index in [1.807, 2.05) is 48.5 Å². The van der Waals surface area contributed by atoms with Gasteiger partial charge in [-0.05, 0) is 24.3 Å². The predicted molar refractivity (Wildman–Crippen MR) is 104 cm³/mol. The summed E-state index contributed by atoms with van der Waals surface area (Å²) in [5.41, 5.74) is 3.27. The molecule has 25 heavy (non-hydrogen) atoms. The number of hydrogen-bond acceptors (Lipinski definition) is 5. The smallest absolute Gasteiger partial charge is 0.182 e. The fraction of sp³-hybridized carbons (Fsp3) is 0. The summed E-state index contributed by atoms with van der Waals surface area (Å²) in [4.78, 5) is 24.8.